The number of nitrogens with one attached hydrogen (secondary N) is 3. The van der Waals surface area contributed by atoms with Crippen LogP contribution in [0.25, 0.3) is 11.7 Å². The van der Waals surface area contributed by atoms with Crippen molar-refractivity contribution in [3.8, 4) is 11.6 Å². The molecule has 1 saturated carbocycles. The first-order chi connectivity index (χ1) is 18.0. The minimum Gasteiger partial charge on any atom is -0.493 e. The Balaban J connectivity index is 1.33. The van der Waals surface area contributed by atoms with Crippen molar-refractivity contribution >= 4 is 34.8 Å². The maximum atomic E-state index is 11.6. The first-order valence-electron chi connectivity index (χ1n) is 12.4. The smallest absolute Gasteiger partial charge is 0.326 e. The molecule has 4 heterocycles. The van der Waals surface area contributed by atoms with E-state index < -0.39 is 5.69 Å². The topological polar surface area (TPSA) is 136 Å². The van der Waals surface area contributed by atoms with E-state index in [1.807, 2.05) is 24.3 Å². The molecule has 0 bridgehead atoms. The number of aromatic hydroxyl groups is 1. The van der Waals surface area contributed by atoms with E-state index in [2.05, 4.69) is 25.3 Å². The van der Waals surface area contributed by atoms with E-state index in [1.165, 1.54) is 12.8 Å². The van der Waals surface area contributed by atoms with Crippen molar-refractivity contribution in [2.75, 3.05) is 31.6 Å². The van der Waals surface area contributed by atoms with Crippen molar-refractivity contribution in [3.05, 3.63) is 62.4 Å². The quantitative estimate of drug-likeness (QED) is 0.277. The molecule has 1 aromatic carbocycles. The summed E-state index contributed by atoms with van der Waals surface area (Å²) in [6.45, 7) is 3.69. The Morgan fingerprint density at radius 3 is 2.86 bits per heavy atom. The Bertz CT molecular complexity index is 1620. The number of likely N-dealkylation sites (tertiary alicyclic amines) is 1. The predicted octanol–water partition coefficient (Wildman–Crippen LogP) is 1.93. The van der Waals surface area contributed by atoms with Gasteiger partial charge in [0.15, 0.2) is 11.1 Å². The summed E-state index contributed by atoms with van der Waals surface area (Å²) in [6, 6.07) is 7.70. The molecule has 6 rings (SSSR count). The zero-order valence-electron chi connectivity index (χ0n) is 20.1. The van der Waals surface area contributed by atoms with Gasteiger partial charge >= 0.3 is 5.69 Å². The summed E-state index contributed by atoms with van der Waals surface area (Å²) in [6.07, 6.45) is 7.78. The number of ether oxygens (including phenoxy) is 1. The van der Waals surface area contributed by atoms with Crippen LogP contribution in [0.15, 0.2) is 40.2 Å². The number of nitrogens with zero attached hydrogens (tertiary/aromatic N) is 5. The first-order valence-corrected chi connectivity index (χ1v) is 12.8. The Kier molecular flexibility index (Phi) is 6.31. The first kappa shape index (κ1) is 23.6. The van der Waals surface area contributed by atoms with Gasteiger partial charge in [0, 0.05) is 17.8 Å². The number of benzene rings is 1. The van der Waals surface area contributed by atoms with E-state index in [4.69, 9.17) is 26.3 Å². The molecule has 2 aliphatic rings. The average molecular weight is 523 g/mol. The summed E-state index contributed by atoms with van der Waals surface area (Å²) in [4.78, 5) is 28.3. The van der Waals surface area contributed by atoms with Crippen molar-refractivity contribution in [2.24, 2.45) is 4.99 Å². The lowest BCUT2D eigenvalue weighted by Gasteiger charge is -2.16. The number of fused-ring (bicyclic) bond motifs is 1. The van der Waals surface area contributed by atoms with Crippen LogP contribution in [0.4, 0.5) is 11.5 Å². The summed E-state index contributed by atoms with van der Waals surface area (Å²) in [5.41, 5.74) is 1.56. The van der Waals surface area contributed by atoms with Crippen LogP contribution in [0.2, 0.25) is 5.02 Å². The van der Waals surface area contributed by atoms with Gasteiger partial charge < -0.3 is 20.1 Å². The highest BCUT2D eigenvalue weighted by molar-refractivity contribution is 6.34. The molecule has 2 fully saturated rings. The summed E-state index contributed by atoms with van der Waals surface area (Å²) in [7, 11) is 0. The van der Waals surface area contributed by atoms with Crippen LogP contribution < -0.4 is 26.4 Å². The van der Waals surface area contributed by atoms with E-state index in [-0.39, 0.29) is 17.6 Å². The number of hydrogen-bond donors (Lipinski definition) is 4. The number of rotatable bonds is 8. The monoisotopic (exact) mass is 522 g/mol. The number of anilines is 2. The predicted molar refractivity (Wildman–Crippen MR) is 139 cm³/mol. The van der Waals surface area contributed by atoms with Crippen LogP contribution in [0.5, 0.6) is 11.6 Å². The molecule has 4 N–H and O–H groups in total. The van der Waals surface area contributed by atoms with E-state index in [0.29, 0.717) is 45.2 Å². The molecule has 1 aliphatic carbocycles. The third kappa shape index (κ3) is 5.18. The lowest BCUT2D eigenvalue weighted by Crippen LogP contribution is -2.25. The Morgan fingerprint density at radius 2 is 2.11 bits per heavy atom. The van der Waals surface area contributed by atoms with Crippen molar-refractivity contribution in [1.82, 2.24) is 29.5 Å². The summed E-state index contributed by atoms with van der Waals surface area (Å²) in [5.74, 6) is 0.889. The molecule has 11 nitrogen and oxygen atoms in total. The van der Waals surface area contributed by atoms with Gasteiger partial charge in [-0.2, -0.15) is 9.61 Å². The van der Waals surface area contributed by atoms with E-state index in [9.17, 15) is 9.90 Å². The average Bonchev–Trinajstić information content (AvgIpc) is 3.22. The van der Waals surface area contributed by atoms with Gasteiger partial charge in [-0.3, -0.25) is 14.9 Å². The zero-order valence-corrected chi connectivity index (χ0v) is 20.8. The van der Waals surface area contributed by atoms with Crippen LogP contribution in [-0.2, 0) is 0 Å². The highest BCUT2D eigenvalue weighted by Gasteiger charge is 2.20. The molecule has 12 heteroatoms. The van der Waals surface area contributed by atoms with E-state index in [0.717, 1.165) is 32.5 Å². The van der Waals surface area contributed by atoms with Gasteiger partial charge in [0.1, 0.15) is 28.9 Å². The maximum absolute atomic E-state index is 11.6. The lowest BCUT2D eigenvalue weighted by molar-refractivity contribution is 0.238. The second kappa shape index (κ2) is 9.91. The normalized spacial score (nSPS) is 17.2. The summed E-state index contributed by atoms with van der Waals surface area (Å²) in [5, 5.41) is 18.8. The highest BCUT2D eigenvalue weighted by Crippen LogP contribution is 2.33. The minimum atomic E-state index is -0.503. The number of hydrogen-bond acceptors (Lipinski definition) is 8. The van der Waals surface area contributed by atoms with E-state index >= 15 is 0 Å². The second-order valence-electron chi connectivity index (χ2n) is 9.32. The summed E-state index contributed by atoms with van der Waals surface area (Å²) < 4.78 is 7.64. The Morgan fingerprint density at radius 1 is 1.27 bits per heavy atom. The Hall–Kier alpha value is -3.83. The van der Waals surface area contributed by atoms with Crippen molar-refractivity contribution in [3.63, 3.8) is 0 Å². The minimum absolute atomic E-state index is 0.238. The molecule has 3 aromatic heterocycles. The van der Waals surface area contributed by atoms with Gasteiger partial charge in [0.25, 0.3) is 0 Å². The maximum Gasteiger partial charge on any atom is 0.326 e. The van der Waals surface area contributed by atoms with Crippen molar-refractivity contribution in [1.29, 1.82) is 0 Å². The molecule has 1 aliphatic heterocycles. The molecule has 0 unspecified atom stereocenters. The number of aromatic nitrogens is 5. The molecule has 37 heavy (non-hydrogen) atoms. The molecule has 4 aromatic rings. The number of imidazole rings is 1. The number of H-pyrrole nitrogens is 2. The van der Waals surface area contributed by atoms with Crippen LogP contribution in [0, 0.1) is 0 Å². The van der Waals surface area contributed by atoms with Gasteiger partial charge in [-0.15, -0.1) is 0 Å². The number of aromatic amines is 2. The zero-order chi connectivity index (χ0) is 25.4. The molecule has 0 radical (unpaired) electrons. The molecule has 1 saturated heterocycles. The van der Waals surface area contributed by atoms with Gasteiger partial charge in [-0.05, 0) is 57.0 Å². The third-order valence-electron chi connectivity index (χ3n) is 6.47. The largest absolute Gasteiger partial charge is 0.493 e. The molecule has 0 atom stereocenters. The third-order valence-corrected chi connectivity index (χ3v) is 6.86. The second-order valence-corrected chi connectivity index (χ2v) is 9.70. The van der Waals surface area contributed by atoms with Crippen molar-refractivity contribution < 1.29 is 9.84 Å². The molecular weight excluding hydrogens is 496 g/mol. The van der Waals surface area contributed by atoms with Gasteiger partial charge in [0.2, 0.25) is 5.88 Å². The molecule has 0 amide bonds. The lowest BCUT2D eigenvalue weighted by atomic mass is 10.3. The van der Waals surface area contributed by atoms with Crippen LogP contribution in [0.1, 0.15) is 31.4 Å². The van der Waals surface area contributed by atoms with Crippen LogP contribution in [0.3, 0.4) is 0 Å². The van der Waals surface area contributed by atoms with Gasteiger partial charge in [-0.25, -0.2) is 9.78 Å². The summed E-state index contributed by atoms with van der Waals surface area (Å²) >= 11 is 6.70. The van der Waals surface area contributed by atoms with Gasteiger partial charge in [-0.1, -0.05) is 17.7 Å². The standard InChI is InChI=1S/C25H27ClN8O3/c26-22-17(4-3-5-19(22)37-11-10-33-8-1-2-9-33)29-20-13-21(28-16-6-7-16)34-23(31-20)15(14-27-34)12-18-24(35)32-25(36)30-18/h3-5,12-14,16,29,35H,1-2,6-11H2,(H2,30,32,36)/b15-12+,28-21?. The van der Waals surface area contributed by atoms with E-state index in [1.54, 1.807) is 16.8 Å². The SMILES string of the molecule is O=c1[nH]c(O)c(/C=c2\cnn3c(=NC4CC4)cc(Nc4cccc(OCCN5CCCC5)c4Cl)nc23)[nH]1. The number of halogens is 1. The van der Waals surface area contributed by atoms with Crippen LogP contribution in [-0.4, -0.2) is 66.9 Å². The van der Waals surface area contributed by atoms with Gasteiger partial charge in [0.05, 0.1) is 17.9 Å². The Labute approximate surface area is 216 Å². The highest BCUT2D eigenvalue weighted by atomic mass is 35.5. The fourth-order valence-electron chi connectivity index (χ4n) is 4.41. The molecule has 0 spiro atoms. The van der Waals surface area contributed by atoms with Crippen molar-refractivity contribution in [2.45, 2.75) is 31.7 Å². The van der Waals surface area contributed by atoms with Crippen LogP contribution >= 0.6 is 11.6 Å². The molecule has 192 valence electrons. The fourth-order valence-corrected chi connectivity index (χ4v) is 4.64. The molecular formula is C25H27ClN8O3. The fraction of sp³-hybridized carbons (Fsp3) is 0.360.